The molecule has 0 spiro atoms. The lowest BCUT2D eigenvalue weighted by molar-refractivity contribution is -0.384. The average Bonchev–Trinajstić information content (AvgIpc) is 2.46. The second-order valence-corrected chi connectivity index (χ2v) is 8.44. The number of anilines is 1. The first-order valence-corrected chi connectivity index (χ1v) is 9.70. The molecular weight excluding hydrogens is 318 g/mol. The molecule has 1 heterocycles. The summed E-state index contributed by atoms with van der Waals surface area (Å²) in [5, 5.41) is 10.7. The molecule has 8 heteroatoms. The Bertz CT molecular complexity index is 637. The van der Waals surface area contributed by atoms with E-state index in [9.17, 15) is 18.5 Å². The first-order valence-electron chi connectivity index (χ1n) is 7.64. The van der Waals surface area contributed by atoms with Crippen LogP contribution in [0.2, 0.25) is 0 Å². The van der Waals surface area contributed by atoms with Crippen LogP contribution < -0.4 is 4.90 Å². The third-order valence-electron chi connectivity index (χ3n) is 3.96. The van der Waals surface area contributed by atoms with Gasteiger partial charge in [-0.1, -0.05) is 6.92 Å². The van der Waals surface area contributed by atoms with E-state index >= 15 is 0 Å². The molecule has 1 aromatic carbocycles. The molecule has 0 N–H and O–H groups in total. The Morgan fingerprint density at radius 1 is 1.17 bits per heavy atom. The number of hydrogen-bond donors (Lipinski definition) is 0. The van der Waals surface area contributed by atoms with Crippen molar-refractivity contribution < 1.29 is 13.3 Å². The van der Waals surface area contributed by atoms with E-state index in [1.54, 1.807) is 12.1 Å². The van der Waals surface area contributed by atoms with Crippen LogP contribution in [0.15, 0.2) is 24.3 Å². The Hall–Kier alpha value is -1.67. The van der Waals surface area contributed by atoms with Crippen molar-refractivity contribution in [3.8, 4) is 0 Å². The third kappa shape index (κ3) is 5.47. The Labute approximate surface area is 137 Å². The van der Waals surface area contributed by atoms with Gasteiger partial charge >= 0.3 is 0 Å². The zero-order valence-electron chi connectivity index (χ0n) is 13.5. The van der Waals surface area contributed by atoms with Crippen LogP contribution in [-0.4, -0.2) is 63.0 Å². The predicted molar refractivity (Wildman–Crippen MR) is 90.6 cm³/mol. The molecule has 0 amide bonds. The summed E-state index contributed by atoms with van der Waals surface area (Å²) in [6.45, 7) is 6.15. The van der Waals surface area contributed by atoms with Crippen molar-refractivity contribution >= 4 is 21.2 Å². The number of benzene rings is 1. The van der Waals surface area contributed by atoms with Gasteiger partial charge in [-0.15, -0.1) is 0 Å². The van der Waals surface area contributed by atoms with E-state index in [1.165, 1.54) is 18.4 Å². The normalized spacial score (nSPS) is 17.9. The monoisotopic (exact) mass is 341 g/mol. The number of rotatable bonds is 6. The zero-order chi connectivity index (χ0) is 17.0. The third-order valence-corrected chi connectivity index (χ3v) is 5.13. The molecule has 128 valence electrons. The number of nitro benzene ring substituents is 1. The van der Waals surface area contributed by atoms with Crippen molar-refractivity contribution in [1.29, 1.82) is 0 Å². The SMILES string of the molecule is C[C@H](CN1CCN(c2ccc([N+](=O)[O-])cc2)CC1)CS(C)(=O)=O. The number of nitro groups is 1. The maximum absolute atomic E-state index is 11.3. The Morgan fingerprint density at radius 3 is 2.22 bits per heavy atom. The maximum Gasteiger partial charge on any atom is 0.269 e. The second kappa shape index (κ2) is 7.27. The quantitative estimate of drug-likeness (QED) is 0.574. The van der Waals surface area contributed by atoms with Crippen LogP contribution >= 0.6 is 0 Å². The summed E-state index contributed by atoms with van der Waals surface area (Å²) in [6, 6.07) is 6.60. The molecule has 7 nitrogen and oxygen atoms in total. The summed E-state index contributed by atoms with van der Waals surface area (Å²) >= 11 is 0. The lowest BCUT2D eigenvalue weighted by atomic mass is 10.1. The molecule has 2 rings (SSSR count). The summed E-state index contributed by atoms with van der Waals surface area (Å²) in [4.78, 5) is 14.7. The summed E-state index contributed by atoms with van der Waals surface area (Å²) in [7, 11) is -2.93. The maximum atomic E-state index is 11.3. The Morgan fingerprint density at radius 2 is 1.74 bits per heavy atom. The lowest BCUT2D eigenvalue weighted by Crippen LogP contribution is -2.48. The summed E-state index contributed by atoms with van der Waals surface area (Å²) < 4.78 is 22.6. The highest BCUT2D eigenvalue weighted by Crippen LogP contribution is 2.20. The van der Waals surface area contributed by atoms with E-state index in [0.717, 1.165) is 38.4 Å². The van der Waals surface area contributed by atoms with Gasteiger partial charge in [0, 0.05) is 56.8 Å². The fraction of sp³-hybridized carbons (Fsp3) is 0.600. The van der Waals surface area contributed by atoms with Crippen LogP contribution in [0.3, 0.4) is 0 Å². The van der Waals surface area contributed by atoms with Crippen molar-refractivity contribution in [3.63, 3.8) is 0 Å². The highest BCUT2D eigenvalue weighted by Gasteiger charge is 2.20. The molecule has 0 aliphatic carbocycles. The Kier molecular flexibility index (Phi) is 5.59. The van der Waals surface area contributed by atoms with Crippen LogP contribution in [0, 0.1) is 16.0 Å². The van der Waals surface area contributed by atoms with Crippen molar-refractivity contribution in [3.05, 3.63) is 34.4 Å². The van der Waals surface area contributed by atoms with E-state index in [-0.39, 0.29) is 17.4 Å². The van der Waals surface area contributed by atoms with Gasteiger partial charge in [0.05, 0.1) is 10.7 Å². The lowest BCUT2D eigenvalue weighted by Gasteiger charge is -2.37. The van der Waals surface area contributed by atoms with Gasteiger partial charge in [-0.05, 0) is 18.1 Å². The minimum Gasteiger partial charge on any atom is -0.369 e. The molecule has 1 aliphatic rings. The molecule has 1 fully saturated rings. The van der Waals surface area contributed by atoms with Gasteiger partial charge in [-0.3, -0.25) is 15.0 Å². The van der Waals surface area contributed by atoms with Gasteiger partial charge in [-0.25, -0.2) is 8.42 Å². The predicted octanol–water partition coefficient (Wildman–Crippen LogP) is 1.40. The number of non-ortho nitro benzene ring substituents is 1. The topological polar surface area (TPSA) is 83.8 Å². The van der Waals surface area contributed by atoms with Gasteiger partial charge in [-0.2, -0.15) is 0 Å². The van der Waals surface area contributed by atoms with E-state index in [1.807, 2.05) is 6.92 Å². The fourth-order valence-corrected chi connectivity index (χ4v) is 4.12. The molecule has 0 unspecified atom stereocenters. The molecule has 23 heavy (non-hydrogen) atoms. The van der Waals surface area contributed by atoms with Crippen LogP contribution in [0.1, 0.15) is 6.92 Å². The Balaban J connectivity index is 1.85. The van der Waals surface area contributed by atoms with Gasteiger partial charge in [0.2, 0.25) is 0 Å². The van der Waals surface area contributed by atoms with Gasteiger partial charge in [0.15, 0.2) is 0 Å². The van der Waals surface area contributed by atoms with E-state index < -0.39 is 14.8 Å². The highest BCUT2D eigenvalue weighted by atomic mass is 32.2. The first kappa shape index (κ1) is 17.7. The smallest absolute Gasteiger partial charge is 0.269 e. The fourth-order valence-electron chi connectivity index (χ4n) is 2.98. The number of nitrogens with zero attached hydrogens (tertiary/aromatic N) is 3. The average molecular weight is 341 g/mol. The van der Waals surface area contributed by atoms with E-state index in [4.69, 9.17) is 0 Å². The zero-order valence-corrected chi connectivity index (χ0v) is 14.3. The number of sulfone groups is 1. The van der Waals surface area contributed by atoms with Gasteiger partial charge in [0.1, 0.15) is 9.84 Å². The number of piperazine rings is 1. The summed E-state index contributed by atoms with van der Waals surface area (Å²) in [5.74, 6) is 0.339. The van der Waals surface area contributed by atoms with Crippen LogP contribution in [0.4, 0.5) is 11.4 Å². The largest absolute Gasteiger partial charge is 0.369 e. The van der Waals surface area contributed by atoms with Crippen LogP contribution in [0.5, 0.6) is 0 Å². The van der Waals surface area contributed by atoms with Crippen molar-refractivity contribution in [2.45, 2.75) is 6.92 Å². The molecular formula is C15H23N3O4S. The van der Waals surface area contributed by atoms with Crippen molar-refractivity contribution in [2.24, 2.45) is 5.92 Å². The second-order valence-electron chi connectivity index (χ2n) is 6.26. The highest BCUT2D eigenvalue weighted by molar-refractivity contribution is 7.90. The van der Waals surface area contributed by atoms with Crippen LogP contribution in [0.25, 0.3) is 0 Å². The number of hydrogen-bond acceptors (Lipinski definition) is 6. The molecule has 0 bridgehead atoms. The van der Waals surface area contributed by atoms with Gasteiger partial charge in [0.25, 0.3) is 5.69 Å². The molecule has 1 aliphatic heterocycles. The van der Waals surface area contributed by atoms with Crippen molar-refractivity contribution in [1.82, 2.24) is 4.90 Å². The molecule has 0 aromatic heterocycles. The van der Waals surface area contributed by atoms with E-state index in [0.29, 0.717) is 0 Å². The van der Waals surface area contributed by atoms with Gasteiger partial charge < -0.3 is 4.90 Å². The minimum absolute atomic E-state index is 0.0991. The standard InChI is InChI=1S/C15H23N3O4S/c1-13(12-23(2,21)22)11-16-7-9-17(10-8-16)14-3-5-15(6-4-14)18(19)20/h3-6,13H,7-12H2,1-2H3/t13-/m1/s1. The molecule has 0 radical (unpaired) electrons. The van der Waals surface area contributed by atoms with Crippen molar-refractivity contribution in [2.75, 3.05) is 49.6 Å². The van der Waals surface area contributed by atoms with E-state index in [2.05, 4.69) is 9.80 Å². The molecule has 1 saturated heterocycles. The molecule has 1 atom stereocenters. The minimum atomic E-state index is -2.93. The van der Waals surface area contributed by atoms with Crippen LogP contribution in [-0.2, 0) is 9.84 Å². The molecule has 1 aromatic rings. The summed E-state index contributed by atoms with van der Waals surface area (Å²) in [6.07, 6.45) is 1.27. The first-order chi connectivity index (χ1) is 10.7. The summed E-state index contributed by atoms with van der Waals surface area (Å²) in [5.41, 5.74) is 1.08. The molecule has 0 saturated carbocycles.